The van der Waals surface area contributed by atoms with Gasteiger partial charge in [0.15, 0.2) is 11.6 Å². The summed E-state index contributed by atoms with van der Waals surface area (Å²) < 4.78 is 25.7. The number of rotatable bonds is 6. The molecular formula is C13H20F2N2. The summed E-state index contributed by atoms with van der Waals surface area (Å²) in [7, 11) is 4.06. The molecule has 1 rings (SSSR count). The van der Waals surface area contributed by atoms with E-state index in [1.54, 1.807) is 6.07 Å². The molecule has 1 N–H and O–H groups in total. The zero-order chi connectivity index (χ0) is 12.8. The third-order valence-electron chi connectivity index (χ3n) is 2.65. The summed E-state index contributed by atoms with van der Waals surface area (Å²) in [6.45, 7) is 3.65. The Morgan fingerprint density at radius 2 is 1.94 bits per heavy atom. The highest BCUT2D eigenvalue weighted by Gasteiger charge is 2.05. The Morgan fingerprint density at radius 1 is 1.24 bits per heavy atom. The van der Waals surface area contributed by atoms with Crippen LogP contribution in [0.3, 0.4) is 0 Å². The highest BCUT2D eigenvalue weighted by atomic mass is 19.2. The lowest BCUT2D eigenvalue weighted by Crippen LogP contribution is -2.29. The smallest absolute Gasteiger partial charge is 0.159 e. The second-order valence-corrected chi connectivity index (χ2v) is 4.62. The lowest BCUT2D eigenvalue weighted by atomic mass is 10.2. The normalized spacial score (nSPS) is 13.1. The van der Waals surface area contributed by atoms with Gasteiger partial charge in [0.25, 0.3) is 0 Å². The molecule has 17 heavy (non-hydrogen) atoms. The van der Waals surface area contributed by atoms with Crippen molar-refractivity contribution in [2.24, 2.45) is 0 Å². The van der Waals surface area contributed by atoms with E-state index >= 15 is 0 Å². The lowest BCUT2D eigenvalue weighted by molar-refractivity contribution is 0.365. The van der Waals surface area contributed by atoms with Gasteiger partial charge >= 0.3 is 0 Å². The van der Waals surface area contributed by atoms with E-state index in [1.807, 2.05) is 14.1 Å². The molecule has 0 aliphatic carbocycles. The van der Waals surface area contributed by atoms with Gasteiger partial charge < -0.3 is 10.2 Å². The average molecular weight is 242 g/mol. The van der Waals surface area contributed by atoms with Crippen LogP contribution in [0.5, 0.6) is 0 Å². The van der Waals surface area contributed by atoms with Crippen LogP contribution in [0.15, 0.2) is 18.2 Å². The summed E-state index contributed by atoms with van der Waals surface area (Å²) in [4.78, 5) is 2.12. The summed E-state index contributed by atoms with van der Waals surface area (Å²) >= 11 is 0. The van der Waals surface area contributed by atoms with Gasteiger partial charge in [-0.05, 0) is 51.7 Å². The van der Waals surface area contributed by atoms with Gasteiger partial charge in [0.1, 0.15) is 0 Å². The predicted octanol–water partition coefficient (Wildman–Crippen LogP) is 2.39. The van der Waals surface area contributed by atoms with Crippen molar-refractivity contribution in [3.05, 3.63) is 35.4 Å². The van der Waals surface area contributed by atoms with Crippen LogP contribution in [0.2, 0.25) is 0 Å². The molecule has 1 atom stereocenters. The standard InChI is InChI=1S/C13H20F2N2/c1-10(6-7-17(2)3)16-9-11-4-5-12(14)13(15)8-11/h4-5,8,10,16H,6-7,9H2,1-3H3. The average Bonchev–Trinajstić information content (AvgIpc) is 2.28. The Labute approximate surface area is 102 Å². The Bertz CT molecular complexity index is 353. The van der Waals surface area contributed by atoms with Crippen LogP contribution in [0.25, 0.3) is 0 Å². The van der Waals surface area contributed by atoms with E-state index in [0.29, 0.717) is 12.6 Å². The second kappa shape index (κ2) is 6.67. The summed E-state index contributed by atoms with van der Waals surface area (Å²) in [6.07, 6.45) is 1.02. The van der Waals surface area contributed by atoms with E-state index in [9.17, 15) is 8.78 Å². The summed E-state index contributed by atoms with van der Waals surface area (Å²) in [5, 5.41) is 3.29. The topological polar surface area (TPSA) is 15.3 Å². The first-order valence-electron chi connectivity index (χ1n) is 5.81. The molecule has 0 heterocycles. The summed E-state index contributed by atoms with van der Waals surface area (Å²) in [5.74, 6) is -1.58. The maximum atomic E-state index is 12.9. The fourth-order valence-electron chi connectivity index (χ4n) is 1.50. The largest absolute Gasteiger partial charge is 0.310 e. The zero-order valence-corrected chi connectivity index (χ0v) is 10.6. The van der Waals surface area contributed by atoms with Gasteiger partial charge in [0.05, 0.1) is 0 Å². The molecule has 0 radical (unpaired) electrons. The highest BCUT2D eigenvalue weighted by molar-refractivity contribution is 5.17. The first-order valence-corrected chi connectivity index (χ1v) is 5.81. The van der Waals surface area contributed by atoms with Crippen molar-refractivity contribution in [2.75, 3.05) is 20.6 Å². The van der Waals surface area contributed by atoms with Gasteiger partial charge in [-0.3, -0.25) is 0 Å². The fourth-order valence-corrected chi connectivity index (χ4v) is 1.50. The van der Waals surface area contributed by atoms with Crippen molar-refractivity contribution in [1.82, 2.24) is 10.2 Å². The molecule has 0 spiro atoms. The number of nitrogens with one attached hydrogen (secondary N) is 1. The minimum absolute atomic E-state index is 0.352. The van der Waals surface area contributed by atoms with E-state index in [-0.39, 0.29) is 0 Å². The van der Waals surface area contributed by atoms with Crippen LogP contribution < -0.4 is 5.32 Å². The number of hydrogen-bond acceptors (Lipinski definition) is 2. The van der Waals surface area contributed by atoms with Crippen molar-refractivity contribution in [3.63, 3.8) is 0 Å². The minimum atomic E-state index is -0.797. The van der Waals surface area contributed by atoms with E-state index in [4.69, 9.17) is 0 Å². The number of benzene rings is 1. The Kier molecular flexibility index (Phi) is 5.51. The molecule has 1 aromatic carbocycles. The van der Waals surface area contributed by atoms with Gasteiger partial charge in [-0.2, -0.15) is 0 Å². The van der Waals surface area contributed by atoms with E-state index in [0.717, 1.165) is 24.6 Å². The third kappa shape index (κ3) is 5.24. The Balaban J connectivity index is 2.36. The highest BCUT2D eigenvalue weighted by Crippen LogP contribution is 2.08. The Hall–Kier alpha value is -1.00. The molecule has 0 bridgehead atoms. The van der Waals surface area contributed by atoms with Crippen molar-refractivity contribution in [1.29, 1.82) is 0 Å². The SMILES string of the molecule is CC(CCN(C)C)NCc1ccc(F)c(F)c1. The van der Waals surface area contributed by atoms with Crippen LogP contribution in [0.4, 0.5) is 8.78 Å². The predicted molar refractivity (Wildman–Crippen MR) is 65.8 cm³/mol. The molecule has 4 heteroatoms. The van der Waals surface area contributed by atoms with E-state index in [1.165, 1.54) is 6.07 Å². The molecule has 0 fully saturated rings. The fraction of sp³-hybridized carbons (Fsp3) is 0.538. The third-order valence-corrected chi connectivity index (χ3v) is 2.65. The summed E-state index contributed by atoms with van der Waals surface area (Å²) in [5.41, 5.74) is 0.764. The molecule has 1 aromatic rings. The lowest BCUT2D eigenvalue weighted by Gasteiger charge is -2.16. The van der Waals surface area contributed by atoms with Crippen molar-refractivity contribution in [3.8, 4) is 0 Å². The number of hydrogen-bond donors (Lipinski definition) is 1. The van der Waals surface area contributed by atoms with Crippen LogP contribution >= 0.6 is 0 Å². The molecule has 96 valence electrons. The van der Waals surface area contributed by atoms with Gasteiger partial charge in [0, 0.05) is 12.6 Å². The van der Waals surface area contributed by atoms with Gasteiger partial charge in [0.2, 0.25) is 0 Å². The zero-order valence-electron chi connectivity index (χ0n) is 10.6. The molecule has 0 aliphatic heterocycles. The summed E-state index contributed by atoms with van der Waals surface area (Å²) in [6, 6.07) is 4.35. The first kappa shape index (κ1) is 14.1. The maximum Gasteiger partial charge on any atom is 0.159 e. The molecule has 1 unspecified atom stereocenters. The monoisotopic (exact) mass is 242 g/mol. The van der Waals surface area contributed by atoms with Gasteiger partial charge in [-0.15, -0.1) is 0 Å². The van der Waals surface area contributed by atoms with Crippen LogP contribution in [0.1, 0.15) is 18.9 Å². The van der Waals surface area contributed by atoms with Crippen molar-refractivity contribution >= 4 is 0 Å². The quantitative estimate of drug-likeness (QED) is 0.824. The molecule has 0 amide bonds. The molecule has 0 aromatic heterocycles. The van der Waals surface area contributed by atoms with Crippen molar-refractivity contribution < 1.29 is 8.78 Å². The molecular weight excluding hydrogens is 222 g/mol. The van der Waals surface area contributed by atoms with E-state index < -0.39 is 11.6 Å². The second-order valence-electron chi connectivity index (χ2n) is 4.62. The van der Waals surface area contributed by atoms with Crippen molar-refractivity contribution in [2.45, 2.75) is 25.9 Å². The van der Waals surface area contributed by atoms with Crippen LogP contribution in [0, 0.1) is 11.6 Å². The maximum absolute atomic E-state index is 12.9. The molecule has 0 aliphatic rings. The molecule has 0 saturated carbocycles. The minimum Gasteiger partial charge on any atom is -0.310 e. The van der Waals surface area contributed by atoms with Gasteiger partial charge in [-0.25, -0.2) is 8.78 Å². The number of halogens is 2. The van der Waals surface area contributed by atoms with Crippen LogP contribution in [-0.2, 0) is 6.54 Å². The number of nitrogens with zero attached hydrogens (tertiary/aromatic N) is 1. The molecule has 2 nitrogen and oxygen atoms in total. The van der Waals surface area contributed by atoms with E-state index in [2.05, 4.69) is 17.1 Å². The van der Waals surface area contributed by atoms with Gasteiger partial charge in [-0.1, -0.05) is 6.07 Å². The first-order chi connectivity index (χ1) is 7.99. The van der Waals surface area contributed by atoms with Crippen LogP contribution in [-0.4, -0.2) is 31.6 Å². The molecule has 0 saturated heterocycles. The Morgan fingerprint density at radius 3 is 2.53 bits per heavy atom.